The van der Waals surface area contributed by atoms with Crippen molar-refractivity contribution in [2.45, 2.75) is 39.3 Å². The van der Waals surface area contributed by atoms with Crippen LogP contribution in [0.2, 0.25) is 0 Å². The van der Waals surface area contributed by atoms with Crippen LogP contribution in [-0.2, 0) is 11.2 Å². The quantitative estimate of drug-likeness (QED) is 0.902. The highest BCUT2D eigenvalue weighted by Gasteiger charge is 2.31. The summed E-state index contributed by atoms with van der Waals surface area (Å²) in [4.78, 5) is 13.8. The highest BCUT2D eigenvalue weighted by Crippen LogP contribution is 2.17. The predicted molar refractivity (Wildman–Crippen MR) is 77.9 cm³/mol. The Morgan fingerprint density at radius 3 is 2.63 bits per heavy atom. The first-order valence-corrected chi connectivity index (χ1v) is 7.12. The van der Waals surface area contributed by atoms with Crippen LogP contribution in [0.3, 0.4) is 0 Å². The third-order valence-corrected chi connectivity index (χ3v) is 3.93. The molecule has 2 unspecified atom stereocenters. The van der Waals surface area contributed by atoms with Gasteiger partial charge in [0.1, 0.15) is 0 Å². The van der Waals surface area contributed by atoms with Gasteiger partial charge < -0.3 is 10.2 Å². The van der Waals surface area contributed by atoms with Gasteiger partial charge in [-0.05, 0) is 17.9 Å². The third-order valence-electron chi connectivity index (χ3n) is 3.93. The Morgan fingerprint density at radius 1 is 1.37 bits per heavy atom. The standard InChI is InChI=1S/C16H24N2O/c1-12(2)16-10-17-15(11-18(16)13(3)19)9-14-7-5-4-6-8-14/h4-8,12,15-17H,9-11H2,1-3H3. The van der Waals surface area contributed by atoms with E-state index in [-0.39, 0.29) is 5.91 Å². The number of nitrogens with zero attached hydrogens (tertiary/aromatic N) is 1. The molecule has 1 amide bonds. The van der Waals surface area contributed by atoms with Crippen molar-refractivity contribution >= 4 is 5.91 Å². The normalized spacial score (nSPS) is 23.7. The average Bonchev–Trinajstić information content (AvgIpc) is 2.39. The Labute approximate surface area is 116 Å². The lowest BCUT2D eigenvalue weighted by Crippen LogP contribution is -2.60. The highest BCUT2D eigenvalue weighted by atomic mass is 16.2. The zero-order valence-electron chi connectivity index (χ0n) is 12.1. The number of carbonyl (C=O) groups excluding carboxylic acids is 1. The van der Waals surface area contributed by atoms with Crippen LogP contribution in [0.15, 0.2) is 30.3 Å². The van der Waals surface area contributed by atoms with Crippen LogP contribution in [0, 0.1) is 5.92 Å². The van der Waals surface area contributed by atoms with Crippen LogP contribution in [0.4, 0.5) is 0 Å². The third kappa shape index (κ3) is 3.57. The van der Waals surface area contributed by atoms with Gasteiger partial charge in [-0.2, -0.15) is 0 Å². The van der Waals surface area contributed by atoms with Crippen LogP contribution in [0.25, 0.3) is 0 Å². The summed E-state index contributed by atoms with van der Waals surface area (Å²) in [5.41, 5.74) is 1.33. The molecular formula is C16H24N2O. The predicted octanol–water partition coefficient (Wildman–Crippen LogP) is 2.07. The molecule has 3 heteroatoms. The van der Waals surface area contributed by atoms with E-state index in [0.717, 1.165) is 19.5 Å². The van der Waals surface area contributed by atoms with Crippen molar-refractivity contribution in [3.8, 4) is 0 Å². The topological polar surface area (TPSA) is 32.3 Å². The van der Waals surface area contributed by atoms with Gasteiger partial charge in [-0.1, -0.05) is 44.2 Å². The van der Waals surface area contributed by atoms with E-state index in [1.165, 1.54) is 5.56 Å². The molecule has 3 nitrogen and oxygen atoms in total. The van der Waals surface area contributed by atoms with Gasteiger partial charge in [-0.25, -0.2) is 0 Å². The van der Waals surface area contributed by atoms with E-state index in [0.29, 0.717) is 18.0 Å². The molecule has 19 heavy (non-hydrogen) atoms. The molecular weight excluding hydrogens is 236 g/mol. The number of benzene rings is 1. The van der Waals surface area contributed by atoms with Gasteiger partial charge in [0.25, 0.3) is 0 Å². The summed E-state index contributed by atoms with van der Waals surface area (Å²) in [6, 6.07) is 11.2. The number of amides is 1. The molecule has 1 aromatic rings. The first kappa shape index (κ1) is 14.1. The van der Waals surface area contributed by atoms with E-state index >= 15 is 0 Å². The van der Waals surface area contributed by atoms with Gasteiger partial charge in [0.15, 0.2) is 0 Å². The van der Waals surface area contributed by atoms with E-state index in [1.54, 1.807) is 6.92 Å². The molecule has 1 aromatic carbocycles. The van der Waals surface area contributed by atoms with Crippen molar-refractivity contribution in [2.24, 2.45) is 5.92 Å². The lowest BCUT2D eigenvalue weighted by atomic mass is 9.96. The second-order valence-electron chi connectivity index (χ2n) is 5.78. The number of piperazine rings is 1. The largest absolute Gasteiger partial charge is 0.337 e. The summed E-state index contributed by atoms with van der Waals surface area (Å²) in [7, 11) is 0. The van der Waals surface area contributed by atoms with E-state index in [4.69, 9.17) is 0 Å². The van der Waals surface area contributed by atoms with Crippen LogP contribution in [0.1, 0.15) is 26.3 Å². The van der Waals surface area contributed by atoms with E-state index in [1.807, 2.05) is 11.0 Å². The van der Waals surface area contributed by atoms with Crippen molar-refractivity contribution in [2.75, 3.05) is 13.1 Å². The molecule has 1 aliphatic heterocycles. The Bertz CT molecular complexity index is 416. The molecule has 104 valence electrons. The fourth-order valence-corrected chi connectivity index (χ4v) is 2.83. The molecule has 1 aliphatic rings. The van der Waals surface area contributed by atoms with E-state index in [2.05, 4.69) is 43.4 Å². The Hall–Kier alpha value is -1.35. The summed E-state index contributed by atoms with van der Waals surface area (Å²) in [5, 5.41) is 3.59. The minimum absolute atomic E-state index is 0.193. The molecule has 2 rings (SSSR count). The molecule has 1 heterocycles. The first-order chi connectivity index (χ1) is 9.08. The van der Waals surface area contributed by atoms with Gasteiger partial charge in [-0.3, -0.25) is 4.79 Å². The molecule has 0 aliphatic carbocycles. The van der Waals surface area contributed by atoms with Crippen LogP contribution in [-0.4, -0.2) is 36.0 Å². The smallest absolute Gasteiger partial charge is 0.219 e. The van der Waals surface area contributed by atoms with Gasteiger partial charge in [-0.15, -0.1) is 0 Å². The maximum absolute atomic E-state index is 11.8. The summed E-state index contributed by atoms with van der Waals surface area (Å²) in [5.74, 6) is 0.687. The van der Waals surface area contributed by atoms with E-state index in [9.17, 15) is 4.79 Å². The second-order valence-corrected chi connectivity index (χ2v) is 5.78. The monoisotopic (exact) mass is 260 g/mol. The molecule has 1 N–H and O–H groups in total. The van der Waals surface area contributed by atoms with Gasteiger partial charge in [0.05, 0.1) is 0 Å². The summed E-state index contributed by atoms with van der Waals surface area (Å²) >= 11 is 0. The molecule has 0 aromatic heterocycles. The maximum Gasteiger partial charge on any atom is 0.219 e. The number of rotatable bonds is 3. The minimum atomic E-state index is 0.193. The zero-order chi connectivity index (χ0) is 13.8. The molecule has 1 fully saturated rings. The maximum atomic E-state index is 11.8. The molecule has 2 atom stereocenters. The van der Waals surface area contributed by atoms with Crippen molar-refractivity contribution in [1.82, 2.24) is 10.2 Å². The summed E-state index contributed by atoms with van der Waals surface area (Å²) in [6.45, 7) is 7.75. The highest BCUT2D eigenvalue weighted by molar-refractivity contribution is 5.73. The molecule has 0 radical (unpaired) electrons. The molecule has 0 spiro atoms. The Kier molecular flexibility index (Phi) is 4.59. The summed E-state index contributed by atoms with van der Waals surface area (Å²) in [6.07, 6.45) is 0.982. The fourth-order valence-electron chi connectivity index (χ4n) is 2.83. The lowest BCUT2D eigenvalue weighted by molar-refractivity contribution is -0.133. The van der Waals surface area contributed by atoms with Crippen LogP contribution in [0.5, 0.6) is 0 Å². The van der Waals surface area contributed by atoms with Gasteiger partial charge in [0.2, 0.25) is 5.91 Å². The van der Waals surface area contributed by atoms with Crippen LogP contribution >= 0.6 is 0 Å². The molecule has 0 bridgehead atoms. The lowest BCUT2D eigenvalue weighted by Gasteiger charge is -2.42. The van der Waals surface area contributed by atoms with Gasteiger partial charge in [0, 0.05) is 32.1 Å². The van der Waals surface area contributed by atoms with Crippen molar-refractivity contribution < 1.29 is 4.79 Å². The molecule has 0 saturated carbocycles. The van der Waals surface area contributed by atoms with Gasteiger partial charge >= 0.3 is 0 Å². The van der Waals surface area contributed by atoms with E-state index < -0.39 is 0 Å². The minimum Gasteiger partial charge on any atom is -0.337 e. The average molecular weight is 260 g/mol. The van der Waals surface area contributed by atoms with Crippen molar-refractivity contribution in [1.29, 1.82) is 0 Å². The zero-order valence-corrected chi connectivity index (χ0v) is 12.1. The summed E-state index contributed by atoms with van der Waals surface area (Å²) < 4.78 is 0. The first-order valence-electron chi connectivity index (χ1n) is 7.12. The number of hydrogen-bond donors (Lipinski definition) is 1. The van der Waals surface area contributed by atoms with Crippen LogP contribution < -0.4 is 5.32 Å². The SMILES string of the molecule is CC(=O)N1CC(Cc2ccccc2)NCC1C(C)C. The van der Waals surface area contributed by atoms with Crippen molar-refractivity contribution in [3.05, 3.63) is 35.9 Å². The van der Waals surface area contributed by atoms with Crippen molar-refractivity contribution in [3.63, 3.8) is 0 Å². The Morgan fingerprint density at radius 2 is 2.05 bits per heavy atom. The second kappa shape index (κ2) is 6.20. The number of nitrogens with one attached hydrogen (secondary N) is 1. The Balaban J connectivity index is 2.01. The number of carbonyl (C=O) groups is 1. The number of hydrogen-bond acceptors (Lipinski definition) is 2. The fraction of sp³-hybridized carbons (Fsp3) is 0.562. The molecule has 1 saturated heterocycles.